The molecule has 0 heterocycles. The van der Waals surface area contributed by atoms with Crippen LogP contribution in [-0.4, -0.2) is 45.2 Å². The Bertz CT molecular complexity index is 978. The number of carbonyl (C=O) groups is 2. The van der Waals surface area contributed by atoms with Gasteiger partial charge in [-0.2, -0.15) is 0 Å². The van der Waals surface area contributed by atoms with E-state index in [4.69, 9.17) is 23.2 Å². The summed E-state index contributed by atoms with van der Waals surface area (Å²) in [6.07, 6.45) is 0. The van der Waals surface area contributed by atoms with Crippen molar-refractivity contribution < 1.29 is 18.0 Å². The molecule has 0 saturated heterocycles. The number of nitrogens with zero attached hydrogens (tertiary/aromatic N) is 1. The van der Waals surface area contributed by atoms with Crippen molar-refractivity contribution in [2.75, 3.05) is 26.0 Å². The molecule has 7 nitrogen and oxygen atoms in total. The van der Waals surface area contributed by atoms with Gasteiger partial charge in [-0.1, -0.05) is 29.3 Å². The number of rotatable bonds is 6. The summed E-state index contributed by atoms with van der Waals surface area (Å²) in [6, 6.07) is 10.2. The summed E-state index contributed by atoms with van der Waals surface area (Å²) >= 11 is 11.7. The second-order valence-electron chi connectivity index (χ2n) is 5.67. The molecular formula is C17H17Cl2N3O4S. The fourth-order valence-corrected chi connectivity index (χ4v) is 3.52. The summed E-state index contributed by atoms with van der Waals surface area (Å²) < 4.78 is 25.3. The zero-order chi connectivity index (χ0) is 20.2. The Morgan fingerprint density at radius 2 is 1.78 bits per heavy atom. The summed E-state index contributed by atoms with van der Waals surface area (Å²) in [6.45, 7) is -0.317. The Hall–Kier alpha value is -2.13. The number of carbonyl (C=O) groups excluding carboxylic acids is 2. The molecule has 10 heteroatoms. The van der Waals surface area contributed by atoms with Gasteiger partial charge in [0.05, 0.1) is 22.0 Å². The van der Waals surface area contributed by atoms with Crippen molar-refractivity contribution in [3.8, 4) is 0 Å². The van der Waals surface area contributed by atoms with Crippen molar-refractivity contribution in [1.82, 2.24) is 9.62 Å². The molecule has 27 heavy (non-hydrogen) atoms. The molecule has 2 aromatic carbocycles. The summed E-state index contributed by atoms with van der Waals surface area (Å²) in [5, 5.41) is 5.53. The van der Waals surface area contributed by atoms with Crippen LogP contribution in [0.25, 0.3) is 0 Å². The van der Waals surface area contributed by atoms with Crippen LogP contribution in [0.2, 0.25) is 10.0 Å². The lowest BCUT2D eigenvalue weighted by molar-refractivity contribution is -0.115. The fourth-order valence-electron chi connectivity index (χ4n) is 2.08. The number of amides is 2. The molecule has 0 aliphatic rings. The molecule has 2 amide bonds. The second-order valence-corrected chi connectivity index (χ2v) is 8.67. The molecular weight excluding hydrogens is 413 g/mol. The smallest absolute Gasteiger partial charge is 0.253 e. The molecule has 144 valence electrons. The highest BCUT2D eigenvalue weighted by molar-refractivity contribution is 7.89. The predicted octanol–water partition coefficient (Wildman–Crippen LogP) is 2.61. The van der Waals surface area contributed by atoms with Gasteiger partial charge in [-0.3, -0.25) is 9.59 Å². The predicted molar refractivity (Wildman–Crippen MR) is 105 cm³/mol. The normalized spacial score (nSPS) is 11.3. The number of halogens is 2. The van der Waals surface area contributed by atoms with Gasteiger partial charge in [0.15, 0.2) is 0 Å². The average molecular weight is 430 g/mol. The largest absolute Gasteiger partial charge is 0.343 e. The monoisotopic (exact) mass is 429 g/mol. The van der Waals surface area contributed by atoms with Gasteiger partial charge in [0.2, 0.25) is 15.9 Å². The third-order valence-corrected chi connectivity index (χ3v) is 5.84. The highest BCUT2D eigenvalue weighted by Gasteiger charge is 2.18. The first-order valence-corrected chi connectivity index (χ1v) is 9.86. The SMILES string of the molecule is CN(C)S(=O)(=O)c1cccc(NC(=O)CNC(=O)c2ccc(Cl)cc2Cl)c1. The lowest BCUT2D eigenvalue weighted by atomic mass is 10.2. The quantitative estimate of drug-likeness (QED) is 0.737. The standard InChI is InChI=1S/C17H17Cl2N3O4S/c1-22(2)27(25,26)13-5-3-4-12(9-13)21-16(23)10-20-17(24)14-7-6-11(18)8-15(14)19/h3-9H,10H2,1-2H3,(H,20,24)(H,21,23). The van der Waals surface area contributed by atoms with Crippen molar-refractivity contribution in [3.05, 3.63) is 58.1 Å². The summed E-state index contributed by atoms with van der Waals surface area (Å²) in [7, 11) is -0.789. The van der Waals surface area contributed by atoms with E-state index in [2.05, 4.69) is 10.6 Å². The lowest BCUT2D eigenvalue weighted by Crippen LogP contribution is -2.33. The van der Waals surface area contributed by atoms with E-state index in [1.807, 2.05) is 0 Å². The minimum Gasteiger partial charge on any atom is -0.343 e. The van der Waals surface area contributed by atoms with E-state index >= 15 is 0 Å². The number of hydrogen-bond acceptors (Lipinski definition) is 4. The Morgan fingerprint density at radius 3 is 2.41 bits per heavy atom. The van der Waals surface area contributed by atoms with Crippen LogP contribution >= 0.6 is 23.2 Å². The molecule has 0 spiro atoms. The maximum atomic E-state index is 12.1. The van der Waals surface area contributed by atoms with Crippen molar-refractivity contribution in [2.24, 2.45) is 0 Å². The molecule has 0 aromatic heterocycles. The minimum atomic E-state index is -3.62. The first-order valence-electron chi connectivity index (χ1n) is 7.67. The second kappa shape index (κ2) is 8.71. The van der Waals surface area contributed by atoms with Crippen LogP contribution < -0.4 is 10.6 Å². The number of nitrogens with one attached hydrogen (secondary N) is 2. The van der Waals surface area contributed by atoms with Crippen LogP contribution in [0.3, 0.4) is 0 Å². The van der Waals surface area contributed by atoms with Crippen LogP contribution in [-0.2, 0) is 14.8 Å². The first kappa shape index (κ1) is 21.2. The minimum absolute atomic E-state index is 0.0438. The van der Waals surface area contributed by atoms with Gasteiger partial charge in [0, 0.05) is 24.8 Å². The van der Waals surface area contributed by atoms with Crippen LogP contribution in [0.1, 0.15) is 10.4 Å². The van der Waals surface area contributed by atoms with Gasteiger partial charge in [-0.25, -0.2) is 12.7 Å². The van der Waals surface area contributed by atoms with E-state index in [-0.39, 0.29) is 22.0 Å². The van der Waals surface area contributed by atoms with Crippen molar-refractivity contribution in [1.29, 1.82) is 0 Å². The molecule has 0 aliphatic carbocycles. The van der Waals surface area contributed by atoms with E-state index in [1.54, 1.807) is 6.07 Å². The Labute approximate surface area is 167 Å². The molecule has 2 aromatic rings. The maximum absolute atomic E-state index is 12.1. The number of sulfonamides is 1. The van der Waals surface area contributed by atoms with Gasteiger partial charge < -0.3 is 10.6 Å². The van der Waals surface area contributed by atoms with E-state index in [0.717, 1.165) is 4.31 Å². The average Bonchev–Trinajstić information content (AvgIpc) is 2.59. The number of anilines is 1. The van der Waals surface area contributed by atoms with Crippen molar-refractivity contribution in [3.63, 3.8) is 0 Å². The third-order valence-electron chi connectivity index (χ3n) is 3.48. The van der Waals surface area contributed by atoms with Gasteiger partial charge in [0.25, 0.3) is 5.91 Å². The molecule has 0 saturated carbocycles. The first-order chi connectivity index (χ1) is 12.6. The van der Waals surface area contributed by atoms with E-state index in [1.165, 1.54) is 50.5 Å². The summed E-state index contributed by atoms with van der Waals surface area (Å²) in [5.41, 5.74) is 0.481. The molecule has 0 bridgehead atoms. The van der Waals surface area contributed by atoms with Crippen molar-refractivity contribution >= 4 is 50.7 Å². The molecule has 0 atom stereocenters. The molecule has 2 N–H and O–H groups in total. The highest BCUT2D eigenvalue weighted by atomic mass is 35.5. The van der Waals surface area contributed by atoms with Gasteiger partial charge in [-0.05, 0) is 36.4 Å². The fraction of sp³-hybridized carbons (Fsp3) is 0.176. The Kier molecular flexibility index (Phi) is 6.83. The summed E-state index contributed by atoms with van der Waals surface area (Å²) in [4.78, 5) is 24.2. The number of hydrogen-bond donors (Lipinski definition) is 2. The zero-order valence-corrected chi connectivity index (χ0v) is 16.8. The van der Waals surface area contributed by atoms with Gasteiger partial charge >= 0.3 is 0 Å². The van der Waals surface area contributed by atoms with E-state index in [0.29, 0.717) is 10.7 Å². The van der Waals surface area contributed by atoms with Crippen LogP contribution in [0.4, 0.5) is 5.69 Å². The molecule has 0 unspecified atom stereocenters. The molecule has 2 rings (SSSR count). The van der Waals surface area contributed by atoms with Gasteiger partial charge in [-0.15, -0.1) is 0 Å². The van der Waals surface area contributed by atoms with E-state index in [9.17, 15) is 18.0 Å². The Morgan fingerprint density at radius 1 is 1.07 bits per heavy atom. The van der Waals surface area contributed by atoms with Crippen molar-refractivity contribution in [2.45, 2.75) is 4.90 Å². The number of benzene rings is 2. The highest BCUT2D eigenvalue weighted by Crippen LogP contribution is 2.21. The van der Waals surface area contributed by atoms with Crippen LogP contribution in [0, 0.1) is 0 Å². The molecule has 0 fully saturated rings. The van der Waals surface area contributed by atoms with Gasteiger partial charge in [0.1, 0.15) is 0 Å². The summed E-state index contributed by atoms with van der Waals surface area (Å²) in [5.74, 6) is -1.05. The third kappa shape index (κ3) is 5.43. The maximum Gasteiger partial charge on any atom is 0.253 e. The van der Waals surface area contributed by atoms with Crippen LogP contribution in [0.5, 0.6) is 0 Å². The topological polar surface area (TPSA) is 95.6 Å². The lowest BCUT2D eigenvalue weighted by Gasteiger charge is -2.13. The Balaban J connectivity index is 2.01. The zero-order valence-electron chi connectivity index (χ0n) is 14.5. The van der Waals surface area contributed by atoms with Crippen LogP contribution in [0.15, 0.2) is 47.4 Å². The van der Waals surface area contributed by atoms with E-state index < -0.39 is 21.8 Å². The molecule has 0 aliphatic heterocycles. The molecule has 0 radical (unpaired) electrons.